The molecule has 0 radical (unpaired) electrons. The maximum Gasteiger partial charge on any atom is 0.275 e. The van der Waals surface area contributed by atoms with Crippen LogP contribution in [0.4, 0.5) is 5.13 Å². The van der Waals surface area contributed by atoms with Crippen molar-refractivity contribution in [3.63, 3.8) is 0 Å². The summed E-state index contributed by atoms with van der Waals surface area (Å²) in [6.45, 7) is 5.48. The minimum atomic E-state index is -0.186. The molecular formula is C13H14N6O2S3. The van der Waals surface area contributed by atoms with Gasteiger partial charge in [0.25, 0.3) is 5.56 Å². The molecule has 0 atom stereocenters. The van der Waals surface area contributed by atoms with Crippen molar-refractivity contribution >= 4 is 50.4 Å². The summed E-state index contributed by atoms with van der Waals surface area (Å²) >= 11 is 4.13. The Hall–Kier alpha value is -1.85. The Morgan fingerprint density at radius 3 is 2.88 bits per heavy atom. The van der Waals surface area contributed by atoms with Crippen LogP contribution in [0.3, 0.4) is 0 Å². The molecule has 3 rings (SSSR count). The van der Waals surface area contributed by atoms with Crippen molar-refractivity contribution in [2.45, 2.75) is 36.8 Å². The van der Waals surface area contributed by atoms with Crippen LogP contribution in [0.25, 0.3) is 4.96 Å². The molecular weight excluding hydrogens is 368 g/mol. The molecule has 0 bridgehead atoms. The molecule has 1 N–H and O–H groups in total. The van der Waals surface area contributed by atoms with Crippen LogP contribution in [0, 0.1) is 0 Å². The topological polar surface area (TPSA) is 102 Å². The van der Waals surface area contributed by atoms with E-state index < -0.39 is 0 Å². The molecule has 3 aromatic heterocycles. The predicted molar refractivity (Wildman–Crippen MR) is 95.0 cm³/mol. The normalized spacial score (nSPS) is 11.3. The number of nitrogens with zero attached hydrogens (tertiary/aromatic N) is 5. The van der Waals surface area contributed by atoms with E-state index in [0.29, 0.717) is 25.9 Å². The second-order valence-electron chi connectivity index (χ2n) is 5.22. The van der Waals surface area contributed by atoms with E-state index in [0.717, 1.165) is 5.01 Å². The first-order chi connectivity index (χ1) is 11.4. The molecule has 11 heteroatoms. The van der Waals surface area contributed by atoms with Crippen molar-refractivity contribution in [2.75, 3.05) is 5.32 Å². The molecule has 0 saturated heterocycles. The van der Waals surface area contributed by atoms with E-state index in [-0.39, 0.29) is 17.4 Å². The molecule has 0 aliphatic rings. The SMILES string of the molecule is CC(=O)Nc1nnc(SCc2cc(=O)n3nc(C(C)C)sc3n2)s1. The molecule has 0 aromatic carbocycles. The van der Waals surface area contributed by atoms with Crippen LogP contribution in [0.5, 0.6) is 0 Å². The second kappa shape index (κ2) is 6.95. The van der Waals surface area contributed by atoms with Crippen LogP contribution in [0.1, 0.15) is 37.4 Å². The Kier molecular flexibility index (Phi) is 4.92. The summed E-state index contributed by atoms with van der Waals surface area (Å²) in [6.07, 6.45) is 0. The summed E-state index contributed by atoms with van der Waals surface area (Å²) in [6, 6.07) is 1.49. The highest BCUT2D eigenvalue weighted by Crippen LogP contribution is 2.28. The van der Waals surface area contributed by atoms with Gasteiger partial charge in [-0.15, -0.1) is 10.2 Å². The van der Waals surface area contributed by atoms with Crippen LogP contribution in [0.2, 0.25) is 0 Å². The van der Waals surface area contributed by atoms with E-state index in [1.165, 1.54) is 51.9 Å². The number of anilines is 1. The monoisotopic (exact) mass is 382 g/mol. The van der Waals surface area contributed by atoms with E-state index in [1.54, 1.807) is 0 Å². The number of carbonyl (C=O) groups is 1. The Morgan fingerprint density at radius 2 is 2.17 bits per heavy atom. The first kappa shape index (κ1) is 17.0. The highest BCUT2D eigenvalue weighted by atomic mass is 32.2. The number of thioether (sulfide) groups is 1. The largest absolute Gasteiger partial charge is 0.301 e. The zero-order chi connectivity index (χ0) is 17.3. The summed E-state index contributed by atoms with van der Waals surface area (Å²) in [4.78, 5) is 28.2. The number of hydrogen-bond acceptors (Lipinski definition) is 9. The van der Waals surface area contributed by atoms with Crippen LogP contribution in [0.15, 0.2) is 15.2 Å². The molecule has 0 saturated carbocycles. The van der Waals surface area contributed by atoms with E-state index in [1.807, 2.05) is 13.8 Å². The summed E-state index contributed by atoms with van der Waals surface area (Å²) in [5, 5.41) is 16.1. The van der Waals surface area contributed by atoms with Gasteiger partial charge in [0.15, 0.2) is 4.34 Å². The molecule has 24 heavy (non-hydrogen) atoms. The van der Waals surface area contributed by atoms with Gasteiger partial charge in [-0.1, -0.05) is 48.3 Å². The fourth-order valence-electron chi connectivity index (χ4n) is 1.78. The van der Waals surface area contributed by atoms with E-state index in [9.17, 15) is 9.59 Å². The van der Waals surface area contributed by atoms with Gasteiger partial charge < -0.3 is 5.32 Å². The first-order valence-corrected chi connectivity index (χ1v) is 9.68. The lowest BCUT2D eigenvalue weighted by Crippen LogP contribution is -2.15. The third-order valence-electron chi connectivity index (χ3n) is 2.84. The molecule has 8 nitrogen and oxygen atoms in total. The summed E-state index contributed by atoms with van der Waals surface area (Å²) in [7, 11) is 0. The van der Waals surface area contributed by atoms with Crippen molar-refractivity contribution in [1.82, 2.24) is 24.8 Å². The fourth-order valence-corrected chi connectivity index (χ4v) is 4.40. The van der Waals surface area contributed by atoms with Gasteiger partial charge in [0.1, 0.15) is 5.01 Å². The van der Waals surface area contributed by atoms with Crippen molar-refractivity contribution < 1.29 is 4.79 Å². The van der Waals surface area contributed by atoms with Gasteiger partial charge in [-0.3, -0.25) is 9.59 Å². The maximum absolute atomic E-state index is 12.2. The van der Waals surface area contributed by atoms with Gasteiger partial charge in [0.2, 0.25) is 16.0 Å². The van der Waals surface area contributed by atoms with Crippen molar-refractivity contribution in [3.05, 3.63) is 27.1 Å². The summed E-state index contributed by atoms with van der Waals surface area (Å²) in [5.41, 5.74) is 0.482. The van der Waals surface area contributed by atoms with Gasteiger partial charge in [-0.25, -0.2) is 4.98 Å². The average molecular weight is 382 g/mol. The lowest BCUT2D eigenvalue weighted by molar-refractivity contribution is -0.114. The quantitative estimate of drug-likeness (QED) is 0.534. The van der Waals surface area contributed by atoms with E-state index >= 15 is 0 Å². The van der Waals surface area contributed by atoms with Gasteiger partial charge in [-0.05, 0) is 0 Å². The average Bonchev–Trinajstić information content (AvgIpc) is 3.11. The number of amides is 1. The summed E-state index contributed by atoms with van der Waals surface area (Å²) < 4.78 is 2.04. The number of aromatic nitrogens is 5. The Balaban J connectivity index is 1.76. The van der Waals surface area contributed by atoms with E-state index in [4.69, 9.17) is 0 Å². The predicted octanol–water partition coefficient (Wildman–Crippen LogP) is 2.38. The zero-order valence-electron chi connectivity index (χ0n) is 13.1. The third-order valence-corrected chi connectivity index (χ3v) is 6.06. The van der Waals surface area contributed by atoms with Gasteiger partial charge >= 0.3 is 0 Å². The fraction of sp³-hybridized carbons (Fsp3) is 0.385. The van der Waals surface area contributed by atoms with Crippen LogP contribution in [-0.2, 0) is 10.5 Å². The third kappa shape index (κ3) is 3.79. The lowest BCUT2D eigenvalue weighted by Gasteiger charge is -1.97. The highest BCUT2D eigenvalue weighted by molar-refractivity contribution is 8.00. The van der Waals surface area contributed by atoms with Crippen molar-refractivity contribution in [1.29, 1.82) is 0 Å². The zero-order valence-corrected chi connectivity index (χ0v) is 15.6. The van der Waals surface area contributed by atoms with Crippen LogP contribution < -0.4 is 10.9 Å². The molecule has 3 heterocycles. The number of fused-ring (bicyclic) bond motifs is 1. The highest BCUT2D eigenvalue weighted by Gasteiger charge is 2.12. The molecule has 126 valence electrons. The number of hydrogen-bond donors (Lipinski definition) is 1. The number of carbonyl (C=O) groups excluding carboxylic acids is 1. The summed E-state index contributed by atoms with van der Waals surface area (Å²) in [5.74, 6) is 0.562. The standard InChI is InChI=1S/C13H14N6O2S3/c1-6(2)10-18-19-9(21)4-8(15-12(19)23-10)5-22-13-17-16-11(24-13)14-7(3)20/h4,6H,5H2,1-3H3,(H,14,16,20). The Labute approximate surface area is 149 Å². The molecule has 0 spiro atoms. The minimum Gasteiger partial charge on any atom is -0.301 e. The molecule has 0 aliphatic carbocycles. The molecule has 0 unspecified atom stereocenters. The van der Waals surface area contributed by atoms with Gasteiger partial charge in [-0.2, -0.15) is 9.61 Å². The van der Waals surface area contributed by atoms with E-state index in [2.05, 4.69) is 25.6 Å². The molecule has 0 aliphatic heterocycles. The van der Waals surface area contributed by atoms with Crippen molar-refractivity contribution in [2.24, 2.45) is 0 Å². The van der Waals surface area contributed by atoms with Gasteiger partial charge in [0.05, 0.1) is 5.69 Å². The first-order valence-electron chi connectivity index (χ1n) is 7.06. The maximum atomic E-state index is 12.2. The smallest absolute Gasteiger partial charge is 0.275 e. The lowest BCUT2D eigenvalue weighted by atomic mass is 10.2. The molecule has 0 fully saturated rings. The molecule has 1 amide bonds. The van der Waals surface area contributed by atoms with Crippen LogP contribution in [-0.4, -0.2) is 30.7 Å². The number of rotatable bonds is 5. The van der Waals surface area contributed by atoms with Gasteiger partial charge in [0, 0.05) is 24.7 Å². The van der Waals surface area contributed by atoms with Crippen LogP contribution >= 0.6 is 34.4 Å². The Bertz CT molecular complexity index is 945. The van der Waals surface area contributed by atoms with Crippen molar-refractivity contribution in [3.8, 4) is 0 Å². The number of nitrogens with one attached hydrogen (secondary N) is 1. The Morgan fingerprint density at radius 1 is 1.38 bits per heavy atom. The minimum absolute atomic E-state index is 0.185. The molecule has 3 aromatic rings. The second-order valence-corrected chi connectivity index (χ2v) is 8.41.